The molecule has 0 aliphatic carbocycles. The Morgan fingerprint density at radius 1 is 1.27 bits per heavy atom. The summed E-state index contributed by atoms with van der Waals surface area (Å²) in [5.41, 5.74) is 2.81. The fraction of sp³-hybridized carbons (Fsp3) is 0.318. The molecular formula is C22H22ClN5O2. The number of anilines is 3. The van der Waals surface area contributed by atoms with Crippen molar-refractivity contribution in [1.82, 2.24) is 10.2 Å². The van der Waals surface area contributed by atoms with E-state index in [1.54, 1.807) is 28.0 Å². The van der Waals surface area contributed by atoms with Crippen LogP contribution in [-0.4, -0.2) is 48.9 Å². The maximum atomic E-state index is 13.3. The molecule has 2 aliphatic rings. The summed E-state index contributed by atoms with van der Waals surface area (Å²) in [7, 11) is 0. The highest BCUT2D eigenvalue weighted by atomic mass is 35.5. The number of nitrogens with zero attached hydrogens (tertiary/aromatic N) is 3. The van der Waals surface area contributed by atoms with Gasteiger partial charge in [0.05, 0.1) is 35.2 Å². The summed E-state index contributed by atoms with van der Waals surface area (Å²) >= 11 is 6.13. The van der Waals surface area contributed by atoms with Crippen LogP contribution < -0.4 is 15.5 Å². The summed E-state index contributed by atoms with van der Waals surface area (Å²) in [6.45, 7) is 1.59. The highest BCUT2D eigenvalue weighted by Gasteiger charge is 2.29. The van der Waals surface area contributed by atoms with Gasteiger partial charge in [0.15, 0.2) is 0 Å². The van der Waals surface area contributed by atoms with Crippen molar-refractivity contribution in [1.29, 1.82) is 5.26 Å². The Balaban J connectivity index is 1.46. The second-order valence-electron chi connectivity index (χ2n) is 7.34. The van der Waals surface area contributed by atoms with Gasteiger partial charge in [0, 0.05) is 24.7 Å². The van der Waals surface area contributed by atoms with Crippen molar-refractivity contribution in [3.8, 4) is 6.07 Å². The Morgan fingerprint density at radius 3 is 2.93 bits per heavy atom. The van der Waals surface area contributed by atoms with Gasteiger partial charge in [-0.15, -0.1) is 0 Å². The summed E-state index contributed by atoms with van der Waals surface area (Å²) in [4.78, 5) is 29.0. The van der Waals surface area contributed by atoms with Crippen molar-refractivity contribution in [2.24, 2.45) is 0 Å². The number of halogens is 1. The molecular weight excluding hydrogens is 402 g/mol. The van der Waals surface area contributed by atoms with Gasteiger partial charge in [-0.3, -0.25) is 9.59 Å². The zero-order valence-electron chi connectivity index (χ0n) is 16.4. The van der Waals surface area contributed by atoms with E-state index in [2.05, 4.69) is 16.7 Å². The summed E-state index contributed by atoms with van der Waals surface area (Å²) in [6, 6.07) is 14.7. The molecule has 0 spiro atoms. The minimum Gasteiger partial charge on any atom is -0.353 e. The van der Waals surface area contributed by atoms with Crippen LogP contribution in [0.5, 0.6) is 0 Å². The van der Waals surface area contributed by atoms with E-state index >= 15 is 0 Å². The Morgan fingerprint density at radius 2 is 2.10 bits per heavy atom. The van der Waals surface area contributed by atoms with Crippen LogP contribution in [0.25, 0.3) is 0 Å². The van der Waals surface area contributed by atoms with Gasteiger partial charge < -0.3 is 20.4 Å². The molecule has 0 saturated carbocycles. The first kappa shape index (κ1) is 20.2. The number of para-hydroxylation sites is 2. The molecule has 2 heterocycles. The van der Waals surface area contributed by atoms with Gasteiger partial charge in [0.25, 0.3) is 5.91 Å². The van der Waals surface area contributed by atoms with Gasteiger partial charge in [0.2, 0.25) is 5.91 Å². The molecule has 0 radical (unpaired) electrons. The molecule has 1 atom stereocenters. The SMILES string of the molecule is N#C[C@@H]1CCCN1C(=O)CNCCN1C(=O)c2cc(Cl)ccc2Nc2ccccc21. The number of hydrogen-bond donors (Lipinski definition) is 2. The zero-order chi connectivity index (χ0) is 21.1. The van der Waals surface area contributed by atoms with Gasteiger partial charge in [0.1, 0.15) is 6.04 Å². The number of rotatable bonds is 5. The van der Waals surface area contributed by atoms with Crippen molar-refractivity contribution in [3.05, 3.63) is 53.1 Å². The average Bonchev–Trinajstić information content (AvgIpc) is 3.20. The molecule has 8 heteroatoms. The lowest BCUT2D eigenvalue weighted by Gasteiger charge is -2.24. The third-order valence-corrected chi connectivity index (χ3v) is 5.67. The predicted molar refractivity (Wildman–Crippen MR) is 116 cm³/mol. The lowest BCUT2D eigenvalue weighted by Crippen LogP contribution is -2.43. The maximum Gasteiger partial charge on any atom is 0.260 e. The van der Waals surface area contributed by atoms with Gasteiger partial charge in [-0.1, -0.05) is 23.7 Å². The second kappa shape index (κ2) is 8.74. The van der Waals surface area contributed by atoms with Crippen LogP contribution in [0.2, 0.25) is 5.02 Å². The van der Waals surface area contributed by atoms with E-state index in [0.29, 0.717) is 35.9 Å². The fourth-order valence-corrected chi connectivity index (χ4v) is 4.10. The van der Waals surface area contributed by atoms with Crippen LogP contribution >= 0.6 is 11.6 Å². The van der Waals surface area contributed by atoms with E-state index in [0.717, 1.165) is 24.2 Å². The van der Waals surface area contributed by atoms with E-state index in [-0.39, 0.29) is 24.4 Å². The number of nitriles is 1. The molecule has 4 rings (SSSR count). The van der Waals surface area contributed by atoms with Crippen LogP contribution in [0.15, 0.2) is 42.5 Å². The minimum absolute atomic E-state index is 0.0829. The van der Waals surface area contributed by atoms with E-state index in [1.807, 2.05) is 24.3 Å². The number of nitrogens with one attached hydrogen (secondary N) is 2. The summed E-state index contributed by atoms with van der Waals surface area (Å²) in [5.74, 6) is -0.234. The number of fused-ring (bicyclic) bond motifs is 2. The topological polar surface area (TPSA) is 88.5 Å². The van der Waals surface area contributed by atoms with E-state index < -0.39 is 0 Å². The van der Waals surface area contributed by atoms with Crippen molar-refractivity contribution in [2.45, 2.75) is 18.9 Å². The molecule has 2 aromatic carbocycles. The minimum atomic E-state index is -0.328. The Labute approximate surface area is 180 Å². The van der Waals surface area contributed by atoms with Crippen LogP contribution in [-0.2, 0) is 4.79 Å². The summed E-state index contributed by atoms with van der Waals surface area (Å²) < 4.78 is 0. The quantitative estimate of drug-likeness (QED) is 0.721. The van der Waals surface area contributed by atoms with E-state index in [1.165, 1.54) is 0 Å². The normalized spacial score (nSPS) is 17.6. The second-order valence-corrected chi connectivity index (χ2v) is 7.78. The molecule has 1 saturated heterocycles. The highest BCUT2D eigenvalue weighted by Crippen LogP contribution is 2.36. The molecule has 0 unspecified atom stereocenters. The third kappa shape index (κ3) is 3.97. The number of benzene rings is 2. The van der Waals surface area contributed by atoms with Crippen LogP contribution in [0.3, 0.4) is 0 Å². The molecule has 2 aliphatic heterocycles. The lowest BCUT2D eigenvalue weighted by molar-refractivity contribution is -0.130. The largest absolute Gasteiger partial charge is 0.353 e. The zero-order valence-corrected chi connectivity index (χ0v) is 17.2. The molecule has 0 bridgehead atoms. The molecule has 2 aromatic rings. The molecule has 2 N–H and O–H groups in total. The predicted octanol–water partition coefficient (Wildman–Crippen LogP) is 3.15. The first-order valence-corrected chi connectivity index (χ1v) is 10.3. The van der Waals surface area contributed by atoms with Crippen LogP contribution in [0, 0.1) is 11.3 Å². The van der Waals surface area contributed by atoms with Gasteiger partial charge in [-0.2, -0.15) is 5.26 Å². The van der Waals surface area contributed by atoms with Gasteiger partial charge in [-0.05, 0) is 43.2 Å². The molecule has 2 amide bonds. The Kier molecular flexibility index (Phi) is 5.88. The smallest absolute Gasteiger partial charge is 0.260 e. The molecule has 1 fully saturated rings. The molecule has 0 aromatic heterocycles. The number of carbonyl (C=O) groups is 2. The number of carbonyl (C=O) groups excluding carboxylic acids is 2. The number of likely N-dealkylation sites (tertiary alicyclic amines) is 1. The Bertz CT molecular complexity index is 1020. The van der Waals surface area contributed by atoms with Crippen LogP contribution in [0.1, 0.15) is 23.2 Å². The standard InChI is InChI=1S/C22H22ClN5O2/c23-15-7-8-18-17(12-15)22(30)28(20-6-2-1-5-19(20)26-18)11-9-25-14-21(29)27-10-3-4-16(27)13-24/h1-2,5-8,12,16,25-26H,3-4,9-11,14H2/t16-/m0/s1. The first-order chi connectivity index (χ1) is 14.6. The average molecular weight is 424 g/mol. The van der Waals surface area contributed by atoms with Crippen molar-refractivity contribution in [2.75, 3.05) is 36.4 Å². The van der Waals surface area contributed by atoms with Gasteiger partial charge >= 0.3 is 0 Å². The summed E-state index contributed by atoms with van der Waals surface area (Å²) in [5, 5.41) is 16.1. The van der Waals surface area contributed by atoms with Crippen molar-refractivity contribution in [3.63, 3.8) is 0 Å². The van der Waals surface area contributed by atoms with Crippen LogP contribution in [0.4, 0.5) is 17.1 Å². The van der Waals surface area contributed by atoms with Crippen molar-refractivity contribution < 1.29 is 9.59 Å². The first-order valence-electron chi connectivity index (χ1n) is 9.96. The lowest BCUT2D eigenvalue weighted by atomic mass is 10.1. The maximum absolute atomic E-state index is 13.3. The fourth-order valence-electron chi connectivity index (χ4n) is 3.93. The Hall–Kier alpha value is -3.08. The number of amides is 2. The summed E-state index contributed by atoms with van der Waals surface area (Å²) in [6.07, 6.45) is 1.59. The molecule has 30 heavy (non-hydrogen) atoms. The third-order valence-electron chi connectivity index (χ3n) is 5.43. The van der Waals surface area contributed by atoms with E-state index in [9.17, 15) is 9.59 Å². The van der Waals surface area contributed by atoms with Crippen molar-refractivity contribution >= 4 is 40.5 Å². The van der Waals surface area contributed by atoms with Gasteiger partial charge in [-0.25, -0.2) is 0 Å². The monoisotopic (exact) mass is 423 g/mol. The molecule has 154 valence electrons. The van der Waals surface area contributed by atoms with E-state index in [4.69, 9.17) is 16.9 Å². The highest BCUT2D eigenvalue weighted by molar-refractivity contribution is 6.31. The molecule has 7 nitrogen and oxygen atoms in total. The number of hydrogen-bond acceptors (Lipinski definition) is 5.